The Kier molecular flexibility index (Phi) is 3.96. The Labute approximate surface area is 145 Å². The number of imidazole rings is 1. The summed E-state index contributed by atoms with van der Waals surface area (Å²) in [6.07, 6.45) is 6.61. The molecule has 2 aromatic heterocycles. The van der Waals surface area contributed by atoms with Crippen LogP contribution in [-0.2, 0) is 23.1 Å². The highest BCUT2D eigenvalue weighted by Gasteiger charge is 2.44. The van der Waals surface area contributed by atoms with E-state index in [1.54, 1.807) is 40.5 Å². The number of fused-ring (bicyclic) bond motifs is 1. The second kappa shape index (κ2) is 6.29. The van der Waals surface area contributed by atoms with E-state index in [1.165, 1.54) is 0 Å². The molecule has 8 heteroatoms. The van der Waals surface area contributed by atoms with Gasteiger partial charge in [-0.25, -0.2) is 4.98 Å². The van der Waals surface area contributed by atoms with E-state index in [2.05, 4.69) is 9.97 Å². The van der Waals surface area contributed by atoms with E-state index < -0.39 is 0 Å². The van der Waals surface area contributed by atoms with Gasteiger partial charge in [0.2, 0.25) is 5.91 Å². The molecule has 2 amide bonds. The summed E-state index contributed by atoms with van der Waals surface area (Å²) in [4.78, 5) is 36.8. The lowest BCUT2D eigenvalue weighted by atomic mass is 10.1. The number of nitrogens with zero attached hydrogens (tertiary/aromatic N) is 5. The third kappa shape index (κ3) is 2.89. The maximum atomic E-state index is 12.7. The zero-order valence-corrected chi connectivity index (χ0v) is 13.9. The Morgan fingerprint density at radius 2 is 2.08 bits per heavy atom. The second-order valence-electron chi connectivity index (χ2n) is 6.34. The van der Waals surface area contributed by atoms with Crippen LogP contribution in [0.5, 0.6) is 0 Å². The van der Waals surface area contributed by atoms with Crippen LogP contribution in [0.2, 0.25) is 0 Å². The molecule has 0 aromatic carbocycles. The van der Waals surface area contributed by atoms with Crippen LogP contribution in [0.4, 0.5) is 0 Å². The molecule has 2 aliphatic rings. The summed E-state index contributed by atoms with van der Waals surface area (Å²) in [5.74, 6) is 0.681. The first kappa shape index (κ1) is 15.8. The third-order valence-corrected chi connectivity index (χ3v) is 4.83. The molecule has 0 unspecified atom stereocenters. The molecular weight excluding hydrogens is 322 g/mol. The molecule has 25 heavy (non-hydrogen) atoms. The maximum absolute atomic E-state index is 12.7. The van der Waals surface area contributed by atoms with Crippen LogP contribution in [0, 0.1) is 0 Å². The molecular formula is C17H19N5O3. The van der Waals surface area contributed by atoms with Gasteiger partial charge in [-0.3, -0.25) is 14.6 Å². The fourth-order valence-electron chi connectivity index (χ4n) is 3.42. The molecule has 2 aromatic rings. The number of aromatic nitrogens is 3. The predicted octanol–water partition coefficient (Wildman–Crippen LogP) is 0.0671. The number of ether oxygens (including phenoxy) is 1. The van der Waals surface area contributed by atoms with E-state index in [9.17, 15) is 9.59 Å². The van der Waals surface area contributed by atoms with Crippen LogP contribution >= 0.6 is 0 Å². The highest BCUT2D eigenvalue weighted by atomic mass is 16.5. The van der Waals surface area contributed by atoms with E-state index in [0.29, 0.717) is 25.2 Å². The molecule has 4 heterocycles. The first-order chi connectivity index (χ1) is 12.1. The van der Waals surface area contributed by atoms with Crippen LogP contribution in [0.15, 0.2) is 36.9 Å². The SMILES string of the molecule is Cn1ccnc1CN1C(=O)CO[C@H]2CN(C(=O)c3ccncc3)C[C@H]21. The largest absolute Gasteiger partial charge is 0.364 e. The minimum absolute atomic E-state index is 0.0445. The number of carbonyl (C=O) groups excluding carboxylic acids is 2. The van der Waals surface area contributed by atoms with E-state index in [4.69, 9.17) is 4.74 Å². The normalized spacial score (nSPS) is 23.0. The fraction of sp³-hybridized carbons (Fsp3) is 0.412. The summed E-state index contributed by atoms with van der Waals surface area (Å²) >= 11 is 0. The van der Waals surface area contributed by atoms with Gasteiger partial charge in [-0.2, -0.15) is 0 Å². The van der Waals surface area contributed by atoms with Gasteiger partial charge >= 0.3 is 0 Å². The number of likely N-dealkylation sites (tertiary alicyclic amines) is 1. The summed E-state index contributed by atoms with van der Waals surface area (Å²) in [6.45, 7) is 1.41. The summed E-state index contributed by atoms with van der Waals surface area (Å²) < 4.78 is 7.58. The Hall–Kier alpha value is -2.74. The van der Waals surface area contributed by atoms with Gasteiger partial charge in [-0.05, 0) is 12.1 Å². The van der Waals surface area contributed by atoms with Crippen LogP contribution in [0.3, 0.4) is 0 Å². The fourth-order valence-corrected chi connectivity index (χ4v) is 3.42. The molecule has 4 rings (SSSR count). The van der Waals surface area contributed by atoms with E-state index in [0.717, 1.165) is 5.82 Å². The standard InChI is InChI=1S/C17H19N5O3/c1-20-7-6-19-15(20)10-22-13-8-21(9-14(13)25-11-16(22)23)17(24)12-2-4-18-5-3-12/h2-7,13-14H,8-11H2,1H3/t13-,14+/m1/s1. The van der Waals surface area contributed by atoms with Crippen molar-refractivity contribution in [3.8, 4) is 0 Å². The second-order valence-corrected chi connectivity index (χ2v) is 6.34. The Morgan fingerprint density at radius 1 is 1.28 bits per heavy atom. The third-order valence-electron chi connectivity index (χ3n) is 4.83. The molecule has 2 atom stereocenters. The zero-order chi connectivity index (χ0) is 17.4. The van der Waals surface area contributed by atoms with Crippen molar-refractivity contribution < 1.29 is 14.3 Å². The molecule has 0 saturated carbocycles. The molecule has 2 aliphatic heterocycles. The van der Waals surface area contributed by atoms with Gasteiger partial charge in [0.1, 0.15) is 12.4 Å². The smallest absolute Gasteiger partial charge is 0.254 e. The molecule has 0 radical (unpaired) electrons. The number of rotatable bonds is 3. The molecule has 0 aliphatic carbocycles. The lowest BCUT2D eigenvalue weighted by molar-refractivity contribution is -0.154. The zero-order valence-electron chi connectivity index (χ0n) is 13.9. The van der Waals surface area contributed by atoms with Gasteiger partial charge in [-0.15, -0.1) is 0 Å². The predicted molar refractivity (Wildman–Crippen MR) is 87.4 cm³/mol. The lowest BCUT2D eigenvalue weighted by Gasteiger charge is -2.36. The van der Waals surface area contributed by atoms with Gasteiger partial charge in [0, 0.05) is 50.5 Å². The van der Waals surface area contributed by atoms with Crippen molar-refractivity contribution in [1.29, 1.82) is 0 Å². The van der Waals surface area contributed by atoms with Crippen LogP contribution in [-0.4, -0.2) is 68.0 Å². The van der Waals surface area contributed by atoms with Crippen LogP contribution < -0.4 is 0 Å². The Morgan fingerprint density at radius 3 is 2.80 bits per heavy atom. The van der Waals surface area contributed by atoms with Gasteiger partial charge in [0.25, 0.3) is 5.91 Å². The van der Waals surface area contributed by atoms with E-state index in [-0.39, 0.29) is 30.6 Å². The van der Waals surface area contributed by atoms with Crippen molar-refractivity contribution in [2.75, 3.05) is 19.7 Å². The van der Waals surface area contributed by atoms with E-state index in [1.807, 2.05) is 17.8 Å². The monoisotopic (exact) mass is 341 g/mol. The average molecular weight is 341 g/mol. The highest BCUT2D eigenvalue weighted by molar-refractivity contribution is 5.94. The molecule has 130 valence electrons. The van der Waals surface area contributed by atoms with Crippen LogP contribution in [0.1, 0.15) is 16.2 Å². The number of pyridine rings is 1. The lowest BCUT2D eigenvalue weighted by Crippen LogP contribution is -2.53. The molecule has 0 bridgehead atoms. The molecule has 0 N–H and O–H groups in total. The summed E-state index contributed by atoms with van der Waals surface area (Å²) in [7, 11) is 1.90. The summed E-state index contributed by atoms with van der Waals surface area (Å²) in [5.41, 5.74) is 0.593. The van der Waals surface area contributed by atoms with E-state index >= 15 is 0 Å². The summed E-state index contributed by atoms with van der Waals surface area (Å²) in [6, 6.07) is 3.24. The van der Waals surface area contributed by atoms with Crippen molar-refractivity contribution in [2.45, 2.75) is 18.7 Å². The number of hydrogen-bond acceptors (Lipinski definition) is 5. The van der Waals surface area contributed by atoms with Crippen molar-refractivity contribution in [1.82, 2.24) is 24.3 Å². The number of carbonyl (C=O) groups is 2. The van der Waals surface area contributed by atoms with Gasteiger partial charge < -0.3 is 19.1 Å². The topological polar surface area (TPSA) is 80.6 Å². The number of morpholine rings is 1. The van der Waals surface area contributed by atoms with Crippen molar-refractivity contribution >= 4 is 11.8 Å². The molecule has 2 fully saturated rings. The quantitative estimate of drug-likeness (QED) is 0.789. The minimum Gasteiger partial charge on any atom is -0.364 e. The molecule has 0 spiro atoms. The van der Waals surface area contributed by atoms with Crippen molar-refractivity contribution in [3.05, 3.63) is 48.3 Å². The molecule has 2 saturated heterocycles. The first-order valence-electron chi connectivity index (χ1n) is 8.20. The van der Waals surface area contributed by atoms with Crippen molar-refractivity contribution in [2.24, 2.45) is 7.05 Å². The highest BCUT2D eigenvalue weighted by Crippen LogP contribution is 2.26. The number of amides is 2. The maximum Gasteiger partial charge on any atom is 0.254 e. The summed E-state index contributed by atoms with van der Waals surface area (Å²) in [5, 5.41) is 0. The Balaban J connectivity index is 1.53. The first-order valence-corrected chi connectivity index (χ1v) is 8.20. The van der Waals surface area contributed by atoms with Gasteiger partial charge in [0.05, 0.1) is 18.7 Å². The minimum atomic E-state index is -0.163. The Bertz CT molecular complexity index is 791. The van der Waals surface area contributed by atoms with Gasteiger partial charge in [-0.1, -0.05) is 0 Å². The van der Waals surface area contributed by atoms with Gasteiger partial charge in [0.15, 0.2) is 0 Å². The van der Waals surface area contributed by atoms with Crippen LogP contribution in [0.25, 0.3) is 0 Å². The molecule has 8 nitrogen and oxygen atoms in total. The number of aryl methyl sites for hydroxylation is 1. The average Bonchev–Trinajstić information content (AvgIpc) is 3.24. The van der Waals surface area contributed by atoms with Crippen molar-refractivity contribution in [3.63, 3.8) is 0 Å². The number of hydrogen-bond donors (Lipinski definition) is 0.